The second kappa shape index (κ2) is 11.4. The van der Waals surface area contributed by atoms with Crippen LogP contribution in [-0.4, -0.2) is 60.6 Å². The molecule has 0 radical (unpaired) electrons. The second-order valence-corrected chi connectivity index (χ2v) is 6.98. The van der Waals surface area contributed by atoms with Crippen LogP contribution in [0.3, 0.4) is 0 Å². The topological polar surface area (TPSA) is 97.0 Å². The number of carbonyl (C=O) groups is 3. The molecule has 29 heavy (non-hydrogen) atoms. The smallest absolute Gasteiger partial charge is 0.308 e. The summed E-state index contributed by atoms with van der Waals surface area (Å²) in [4.78, 5) is 38.2. The van der Waals surface area contributed by atoms with Crippen molar-refractivity contribution in [1.29, 1.82) is 0 Å². The lowest BCUT2D eigenvalue weighted by atomic mass is 10.1. The van der Waals surface area contributed by atoms with Crippen molar-refractivity contribution >= 4 is 35.1 Å². The summed E-state index contributed by atoms with van der Waals surface area (Å²) in [6, 6.07) is 6.10. The maximum Gasteiger partial charge on any atom is 0.308 e. The van der Waals surface area contributed by atoms with E-state index >= 15 is 0 Å². The summed E-state index contributed by atoms with van der Waals surface area (Å²) in [5.74, 6) is -0.815. The van der Waals surface area contributed by atoms with E-state index in [-0.39, 0.29) is 17.4 Å². The van der Waals surface area contributed by atoms with Gasteiger partial charge < -0.3 is 19.7 Å². The first kappa shape index (κ1) is 22.6. The van der Waals surface area contributed by atoms with Crippen molar-refractivity contribution in [3.63, 3.8) is 0 Å². The molecule has 158 valence electrons. The molecule has 1 aliphatic rings. The lowest BCUT2D eigenvalue weighted by Crippen LogP contribution is -2.60. The number of hydrogen-bond donors (Lipinski definition) is 2. The van der Waals surface area contributed by atoms with Crippen LogP contribution in [0.2, 0.25) is 0 Å². The third-order valence-corrected chi connectivity index (χ3v) is 4.87. The van der Waals surface area contributed by atoms with E-state index in [1.807, 2.05) is 0 Å². The Labute approximate surface area is 175 Å². The van der Waals surface area contributed by atoms with Gasteiger partial charge in [0.25, 0.3) is 5.91 Å². The highest BCUT2D eigenvalue weighted by Gasteiger charge is 2.34. The third kappa shape index (κ3) is 6.42. The molecule has 1 fully saturated rings. The third-order valence-electron chi connectivity index (χ3n) is 4.54. The number of rotatable bonds is 8. The number of hydrogen-bond acceptors (Lipinski definition) is 6. The molecule has 1 unspecified atom stereocenters. The van der Waals surface area contributed by atoms with Crippen LogP contribution in [-0.2, 0) is 14.3 Å². The molecule has 1 aromatic carbocycles. The monoisotopic (exact) mass is 421 g/mol. The standard InChI is InChI=1S/C20H27N3O5S/c1-3-4-7-12-28-16-9-6-5-8-14(16)18(25)22-20(29)23-11-10-21-19(26)15(23)13-17(24)27-2/h5-6,8-9,15H,3-4,7,10-13H2,1-2H3,(H,21,26)(H,22,25,29). The molecular formula is C20H27N3O5S. The summed E-state index contributed by atoms with van der Waals surface area (Å²) in [6.45, 7) is 3.37. The molecule has 1 atom stereocenters. The molecule has 0 aromatic heterocycles. The Kier molecular flexibility index (Phi) is 8.85. The van der Waals surface area contributed by atoms with E-state index in [0.717, 1.165) is 19.3 Å². The number of nitrogens with one attached hydrogen (secondary N) is 2. The van der Waals surface area contributed by atoms with Gasteiger partial charge in [0.2, 0.25) is 5.91 Å². The number of esters is 1. The van der Waals surface area contributed by atoms with Crippen molar-refractivity contribution in [3.05, 3.63) is 29.8 Å². The number of carbonyl (C=O) groups excluding carboxylic acids is 3. The minimum absolute atomic E-state index is 0.0829. The maximum atomic E-state index is 12.8. The van der Waals surface area contributed by atoms with Gasteiger partial charge >= 0.3 is 5.97 Å². The Bertz CT molecular complexity index is 755. The van der Waals surface area contributed by atoms with Crippen LogP contribution < -0.4 is 15.4 Å². The first-order chi connectivity index (χ1) is 14.0. The summed E-state index contributed by atoms with van der Waals surface area (Å²) in [5, 5.41) is 5.43. The molecule has 1 heterocycles. The number of methoxy groups -OCH3 is 1. The Morgan fingerprint density at radius 3 is 2.79 bits per heavy atom. The van der Waals surface area contributed by atoms with Gasteiger partial charge in [-0.25, -0.2) is 0 Å². The van der Waals surface area contributed by atoms with E-state index in [1.165, 1.54) is 12.0 Å². The molecular weight excluding hydrogens is 394 g/mol. The molecule has 0 saturated carbocycles. The van der Waals surface area contributed by atoms with Gasteiger partial charge in [0, 0.05) is 13.1 Å². The van der Waals surface area contributed by atoms with Crippen LogP contribution in [0.4, 0.5) is 0 Å². The van der Waals surface area contributed by atoms with Gasteiger partial charge in [0.05, 0.1) is 25.7 Å². The van der Waals surface area contributed by atoms with Gasteiger partial charge in [-0.05, 0) is 30.8 Å². The Morgan fingerprint density at radius 1 is 1.31 bits per heavy atom. The number of piperazine rings is 1. The summed E-state index contributed by atoms with van der Waals surface area (Å²) in [7, 11) is 1.25. The SMILES string of the molecule is CCCCCOc1ccccc1C(=O)NC(=S)N1CCNC(=O)C1CC(=O)OC. The highest BCUT2D eigenvalue weighted by molar-refractivity contribution is 7.80. The van der Waals surface area contributed by atoms with Crippen LogP contribution in [0.25, 0.3) is 0 Å². The molecule has 1 aromatic rings. The Hall–Kier alpha value is -2.68. The van der Waals surface area contributed by atoms with Gasteiger partial charge in [-0.2, -0.15) is 0 Å². The molecule has 2 amide bonds. The first-order valence-corrected chi connectivity index (χ1v) is 10.1. The molecule has 8 nitrogen and oxygen atoms in total. The normalized spacial score (nSPS) is 16.0. The highest BCUT2D eigenvalue weighted by Crippen LogP contribution is 2.19. The molecule has 0 aliphatic carbocycles. The zero-order valence-electron chi connectivity index (χ0n) is 16.7. The van der Waals surface area contributed by atoms with Crippen LogP contribution in [0.15, 0.2) is 24.3 Å². The van der Waals surface area contributed by atoms with Gasteiger partial charge in [0.1, 0.15) is 11.8 Å². The van der Waals surface area contributed by atoms with E-state index < -0.39 is 17.9 Å². The number of para-hydroxylation sites is 1. The van der Waals surface area contributed by atoms with Crippen molar-refractivity contribution in [2.24, 2.45) is 0 Å². The molecule has 2 N–H and O–H groups in total. The number of amides is 2. The minimum atomic E-state index is -0.829. The summed E-state index contributed by atoms with van der Waals surface area (Å²) in [5.41, 5.74) is 0.359. The molecule has 1 aliphatic heterocycles. The van der Waals surface area contributed by atoms with Crippen molar-refractivity contribution in [2.75, 3.05) is 26.8 Å². The molecule has 9 heteroatoms. The fraction of sp³-hybridized carbons (Fsp3) is 0.500. The van der Waals surface area contributed by atoms with Crippen LogP contribution in [0.5, 0.6) is 5.75 Å². The van der Waals surface area contributed by atoms with E-state index in [0.29, 0.717) is 31.0 Å². The molecule has 0 spiro atoms. The number of unbranched alkanes of at least 4 members (excludes halogenated alkanes) is 2. The van der Waals surface area contributed by atoms with Crippen molar-refractivity contribution in [2.45, 2.75) is 38.6 Å². The van der Waals surface area contributed by atoms with Gasteiger partial charge in [-0.15, -0.1) is 0 Å². The van der Waals surface area contributed by atoms with Crippen LogP contribution in [0, 0.1) is 0 Å². The first-order valence-electron chi connectivity index (χ1n) is 9.66. The number of ether oxygens (including phenoxy) is 2. The number of benzene rings is 1. The predicted molar refractivity (Wildman–Crippen MR) is 112 cm³/mol. The second-order valence-electron chi connectivity index (χ2n) is 6.59. The largest absolute Gasteiger partial charge is 0.493 e. The lowest BCUT2D eigenvalue weighted by Gasteiger charge is -2.36. The average Bonchev–Trinajstić information content (AvgIpc) is 2.72. The Morgan fingerprint density at radius 2 is 2.07 bits per heavy atom. The fourth-order valence-corrected chi connectivity index (χ4v) is 3.26. The number of nitrogens with zero attached hydrogens (tertiary/aromatic N) is 1. The Balaban J connectivity index is 2.06. The van der Waals surface area contributed by atoms with Gasteiger partial charge in [-0.1, -0.05) is 31.9 Å². The summed E-state index contributed by atoms with van der Waals surface area (Å²) < 4.78 is 10.4. The van der Waals surface area contributed by atoms with Gasteiger partial charge in [0.15, 0.2) is 5.11 Å². The quantitative estimate of drug-likeness (QED) is 0.374. The average molecular weight is 422 g/mol. The molecule has 2 rings (SSSR count). The number of thiocarbonyl (C=S) groups is 1. The lowest BCUT2D eigenvalue weighted by molar-refractivity contribution is -0.144. The summed E-state index contributed by atoms with van der Waals surface area (Å²) >= 11 is 5.36. The highest BCUT2D eigenvalue weighted by atomic mass is 32.1. The van der Waals surface area contributed by atoms with Crippen molar-refractivity contribution < 1.29 is 23.9 Å². The molecule has 0 bridgehead atoms. The fourth-order valence-electron chi connectivity index (χ4n) is 2.95. The van der Waals surface area contributed by atoms with E-state index in [2.05, 4.69) is 22.3 Å². The summed E-state index contributed by atoms with van der Waals surface area (Å²) in [6.07, 6.45) is 2.88. The van der Waals surface area contributed by atoms with Gasteiger partial charge in [-0.3, -0.25) is 19.7 Å². The minimum Gasteiger partial charge on any atom is -0.493 e. The maximum absolute atomic E-state index is 12.8. The van der Waals surface area contributed by atoms with Crippen molar-refractivity contribution in [1.82, 2.24) is 15.5 Å². The zero-order valence-corrected chi connectivity index (χ0v) is 17.5. The van der Waals surface area contributed by atoms with E-state index in [9.17, 15) is 14.4 Å². The van der Waals surface area contributed by atoms with E-state index in [1.54, 1.807) is 24.3 Å². The molecule has 1 saturated heterocycles. The van der Waals surface area contributed by atoms with E-state index in [4.69, 9.17) is 17.0 Å². The predicted octanol–water partition coefficient (Wildman–Crippen LogP) is 1.63. The zero-order chi connectivity index (χ0) is 21.2. The van der Waals surface area contributed by atoms with Crippen molar-refractivity contribution in [3.8, 4) is 5.75 Å². The van der Waals surface area contributed by atoms with Crippen LogP contribution in [0.1, 0.15) is 43.0 Å². The van der Waals surface area contributed by atoms with Crippen LogP contribution >= 0.6 is 12.2 Å².